The van der Waals surface area contributed by atoms with E-state index >= 15 is 0 Å². The molecular formula is C26H22F4N6OS2. The Labute approximate surface area is 229 Å². The number of methoxy groups -OCH3 is 1. The van der Waals surface area contributed by atoms with Crippen LogP contribution in [0.5, 0.6) is 5.75 Å². The molecule has 13 heteroatoms. The molecule has 0 atom stereocenters. The highest BCUT2D eigenvalue weighted by molar-refractivity contribution is 7.97. The van der Waals surface area contributed by atoms with E-state index in [0.29, 0.717) is 40.9 Å². The van der Waals surface area contributed by atoms with Gasteiger partial charge in [0.2, 0.25) is 5.95 Å². The predicted octanol–water partition coefficient (Wildman–Crippen LogP) is 6.79. The summed E-state index contributed by atoms with van der Waals surface area (Å²) in [6.07, 6.45) is -0.0548. The van der Waals surface area contributed by atoms with Gasteiger partial charge in [0.05, 0.1) is 24.1 Å². The second kappa shape index (κ2) is 11.6. The van der Waals surface area contributed by atoms with Crippen LogP contribution in [0.3, 0.4) is 0 Å². The van der Waals surface area contributed by atoms with Crippen molar-refractivity contribution in [3.05, 3.63) is 77.7 Å². The quantitative estimate of drug-likeness (QED) is 0.108. The molecule has 202 valence electrons. The van der Waals surface area contributed by atoms with E-state index < -0.39 is 17.6 Å². The number of hydrogen-bond donors (Lipinski definition) is 2. The molecule has 0 aliphatic carbocycles. The first-order chi connectivity index (χ1) is 18.8. The number of aromatic nitrogens is 4. The Balaban J connectivity index is 1.23. The van der Waals surface area contributed by atoms with E-state index in [4.69, 9.17) is 9.72 Å². The van der Waals surface area contributed by atoms with Gasteiger partial charge in [-0.15, -0.1) is 11.3 Å². The molecule has 0 fully saturated rings. The standard InChI is InChI=1S/C26H22F4N6OS2/c1-37-21-15-16(3-8-19(21)27)22-23(36-13-14-38-25(36)35-22)20-9-12-32-24(34-20)31-10-2-11-33-39-18-6-4-17(5-7-18)26(28,29)30/h3-9,12-15,33H,2,10-11H2,1H3,(H,31,32,34). The van der Waals surface area contributed by atoms with Crippen molar-refractivity contribution in [2.45, 2.75) is 17.5 Å². The van der Waals surface area contributed by atoms with E-state index in [1.807, 2.05) is 16.0 Å². The Hall–Kier alpha value is -3.68. The van der Waals surface area contributed by atoms with E-state index in [2.05, 4.69) is 20.0 Å². The van der Waals surface area contributed by atoms with Crippen molar-refractivity contribution in [3.8, 4) is 28.4 Å². The minimum atomic E-state index is -4.34. The van der Waals surface area contributed by atoms with E-state index in [0.717, 1.165) is 29.2 Å². The summed E-state index contributed by atoms with van der Waals surface area (Å²) in [6, 6.07) is 11.4. The van der Waals surface area contributed by atoms with Crippen molar-refractivity contribution >= 4 is 34.2 Å². The number of thiazole rings is 1. The zero-order chi connectivity index (χ0) is 27.4. The molecule has 7 nitrogen and oxygen atoms in total. The SMILES string of the molecule is COc1cc(-c2nc3sccn3c2-c2ccnc(NCCCNSc3ccc(C(F)(F)F)cc3)n2)ccc1F. The highest BCUT2D eigenvalue weighted by Crippen LogP contribution is 2.35. The van der Waals surface area contributed by atoms with Crippen molar-refractivity contribution in [3.63, 3.8) is 0 Å². The van der Waals surface area contributed by atoms with Crippen LogP contribution in [-0.2, 0) is 6.18 Å². The largest absolute Gasteiger partial charge is 0.494 e. The number of hydrogen-bond acceptors (Lipinski definition) is 8. The second-order valence-electron chi connectivity index (χ2n) is 8.28. The van der Waals surface area contributed by atoms with Crippen LogP contribution in [0.1, 0.15) is 12.0 Å². The average molecular weight is 575 g/mol. The third-order valence-electron chi connectivity index (χ3n) is 5.70. The Morgan fingerprint density at radius 1 is 1.05 bits per heavy atom. The lowest BCUT2D eigenvalue weighted by Crippen LogP contribution is -2.13. The van der Waals surface area contributed by atoms with Crippen LogP contribution >= 0.6 is 23.3 Å². The molecule has 0 amide bonds. The summed E-state index contributed by atoms with van der Waals surface area (Å²) < 4.78 is 62.3. The fraction of sp³-hybridized carbons (Fsp3) is 0.192. The molecule has 0 aliphatic rings. The lowest BCUT2D eigenvalue weighted by molar-refractivity contribution is -0.137. The summed E-state index contributed by atoms with van der Waals surface area (Å²) in [6.45, 7) is 1.19. The molecule has 5 rings (SSSR count). The van der Waals surface area contributed by atoms with Gasteiger partial charge >= 0.3 is 6.18 Å². The third kappa shape index (κ3) is 6.15. The summed E-state index contributed by atoms with van der Waals surface area (Å²) in [5.41, 5.74) is 2.07. The number of rotatable bonds is 10. The van der Waals surface area contributed by atoms with Crippen molar-refractivity contribution in [1.82, 2.24) is 24.1 Å². The number of fused-ring (bicyclic) bond motifs is 1. The first kappa shape index (κ1) is 26.9. The third-order valence-corrected chi connectivity index (χ3v) is 7.31. The van der Waals surface area contributed by atoms with Gasteiger partial charge in [0, 0.05) is 41.3 Å². The second-order valence-corrected chi connectivity index (χ2v) is 10.1. The zero-order valence-electron chi connectivity index (χ0n) is 20.5. The summed E-state index contributed by atoms with van der Waals surface area (Å²) in [7, 11) is 1.42. The van der Waals surface area contributed by atoms with E-state index in [1.165, 1.54) is 48.6 Å². The van der Waals surface area contributed by atoms with Crippen molar-refractivity contribution in [2.75, 3.05) is 25.5 Å². The fourth-order valence-corrected chi connectivity index (χ4v) is 5.22. The number of halogens is 4. The molecule has 0 saturated carbocycles. The van der Waals surface area contributed by atoms with Crippen molar-refractivity contribution < 1.29 is 22.3 Å². The highest BCUT2D eigenvalue weighted by Gasteiger charge is 2.30. The van der Waals surface area contributed by atoms with Crippen LogP contribution in [0.25, 0.3) is 27.6 Å². The molecule has 39 heavy (non-hydrogen) atoms. The number of ether oxygens (including phenoxy) is 1. The van der Waals surface area contributed by atoms with Crippen molar-refractivity contribution in [1.29, 1.82) is 0 Å². The maximum absolute atomic E-state index is 14.0. The fourth-order valence-electron chi connectivity index (χ4n) is 3.82. The first-order valence-corrected chi connectivity index (χ1v) is 13.5. The lowest BCUT2D eigenvalue weighted by Gasteiger charge is -2.09. The van der Waals surface area contributed by atoms with Gasteiger partial charge in [0.25, 0.3) is 0 Å². The van der Waals surface area contributed by atoms with Gasteiger partial charge in [-0.05, 0) is 66.9 Å². The Morgan fingerprint density at radius 3 is 2.64 bits per heavy atom. The minimum absolute atomic E-state index is 0.130. The summed E-state index contributed by atoms with van der Waals surface area (Å²) >= 11 is 2.75. The number of benzene rings is 2. The van der Waals surface area contributed by atoms with Gasteiger partial charge in [-0.3, -0.25) is 9.12 Å². The van der Waals surface area contributed by atoms with E-state index in [-0.39, 0.29) is 5.75 Å². The van der Waals surface area contributed by atoms with Crippen LogP contribution < -0.4 is 14.8 Å². The van der Waals surface area contributed by atoms with Gasteiger partial charge in [-0.1, -0.05) is 0 Å². The first-order valence-electron chi connectivity index (χ1n) is 11.8. The monoisotopic (exact) mass is 574 g/mol. The van der Waals surface area contributed by atoms with Gasteiger partial charge in [-0.2, -0.15) is 13.2 Å². The zero-order valence-corrected chi connectivity index (χ0v) is 22.1. The van der Waals surface area contributed by atoms with Crippen LogP contribution in [0.4, 0.5) is 23.5 Å². The molecule has 0 unspecified atom stereocenters. The molecule has 2 N–H and O–H groups in total. The average Bonchev–Trinajstić information content (AvgIpc) is 3.52. The maximum Gasteiger partial charge on any atom is 0.416 e. The lowest BCUT2D eigenvalue weighted by atomic mass is 10.1. The van der Waals surface area contributed by atoms with E-state index in [9.17, 15) is 17.6 Å². The Kier molecular flexibility index (Phi) is 8.00. The van der Waals surface area contributed by atoms with Crippen LogP contribution in [-0.4, -0.2) is 39.6 Å². The molecule has 0 aliphatic heterocycles. The minimum Gasteiger partial charge on any atom is -0.494 e. The number of nitrogens with one attached hydrogen (secondary N) is 2. The van der Waals surface area contributed by atoms with Crippen LogP contribution in [0, 0.1) is 5.82 Å². The molecule has 0 saturated heterocycles. The maximum atomic E-state index is 14.0. The molecule has 0 spiro atoms. The molecule has 2 aromatic carbocycles. The molecular weight excluding hydrogens is 552 g/mol. The normalized spacial score (nSPS) is 11.7. The van der Waals surface area contributed by atoms with Gasteiger partial charge < -0.3 is 10.1 Å². The van der Waals surface area contributed by atoms with Crippen LogP contribution in [0.2, 0.25) is 0 Å². The van der Waals surface area contributed by atoms with Gasteiger partial charge in [0.1, 0.15) is 5.69 Å². The van der Waals surface area contributed by atoms with Crippen LogP contribution in [0.15, 0.2) is 71.2 Å². The number of anilines is 1. The van der Waals surface area contributed by atoms with E-state index in [1.54, 1.807) is 24.4 Å². The Bertz CT molecular complexity index is 1570. The molecule has 5 aromatic rings. The summed E-state index contributed by atoms with van der Waals surface area (Å²) in [4.78, 5) is 15.2. The smallest absolute Gasteiger partial charge is 0.416 e. The number of nitrogens with zero attached hydrogens (tertiary/aromatic N) is 4. The molecule has 3 heterocycles. The summed E-state index contributed by atoms with van der Waals surface area (Å²) in [5, 5.41) is 5.13. The number of imidazole rings is 1. The molecule has 3 aromatic heterocycles. The highest BCUT2D eigenvalue weighted by atomic mass is 32.2. The number of alkyl halides is 3. The van der Waals surface area contributed by atoms with Gasteiger partial charge in [-0.25, -0.2) is 19.3 Å². The van der Waals surface area contributed by atoms with Gasteiger partial charge in [0.15, 0.2) is 16.5 Å². The molecule has 0 bridgehead atoms. The Morgan fingerprint density at radius 2 is 1.87 bits per heavy atom. The predicted molar refractivity (Wildman–Crippen MR) is 144 cm³/mol. The molecule has 0 radical (unpaired) electrons. The topological polar surface area (TPSA) is 76.4 Å². The summed E-state index contributed by atoms with van der Waals surface area (Å²) in [5.74, 6) is 0.116. The van der Waals surface area contributed by atoms with Crippen molar-refractivity contribution in [2.24, 2.45) is 0 Å².